The molecule has 0 spiro atoms. The molecule has 0 amide bonds. The highest BCUT2D eigenvalue weighted by Crippen LogP contribution is 2.42. The fourth-order valence-corrected chi connectivity index (χ4v) is 5.15. The van der Waals surface area contributed by atoms with E-state index in [0.29, 0.717) is 22.7 Å². The van der Waals surface area contributed by atoms with E-state index in [9.17, 15) is 4.79 Å². The Kier molecular flexibility index (Phi) is 4.18. The van der Waals surface area contributed by atoms with Crippen LogP contribution in [0.1, 0.15) is 34.0 Å². The van der Waals surface area contributed by atoms with Crippen molar-refractivity contribution in [1.82, 2.24) is 4.98 Å². The number of nitrogens with zero attached hydrogens (tertiary/aromatic N) is 1. The molecule has 4 aromatic rings. The summed E-state index contributed by atoms with van der Waals surface area (Å²) in [5, 5.41) is 3.62. The number of carbonyl (C=O) groups is 1. The van der Waals surface area contributed by atoms with E-state index in [1.54, 1.807) is 11.3 Å². The summed E-state index contributed by atoms with van der Waals surface area (Å²) in [4.78, 5) is 18.7. The second kappa shape index (κ2) is 6.73. The lowest BCUT2D eigenvalue weighted by Crippen LogP contribution is -2.21. The molecular weight excluding hydrogens is 388 g/mol. The number of pyridine rings is 1. The summed E-state index contributed by atoms with van der Waals surface area (Å²) >= 11 is 7.58. The number of Topliss-reactive ketones (excluding diaryl/α,β-unsaturated/α-hetero) is 1. The SMILES string of the molecule is Nc1c2c(nc3scc(-c4ccc(Cl)cc4)c13)CC(c1ccccc1)CC2=O. The molecule has 1 unspecified atom stereocenters. The first-order valence-corrected chi connectivity index (χ1v) is 10.4. The van der Waals surface area contributed by atoms with E-state index in [1.165, 1.54) is 5.56 Å². The Morgan fingerprint density at radius 3 is 2.54 bits per heavy atom. The van der Waals surface area contributed by atoms with Gasteiger partial charge < -0.3 is 5.73 Å². The van der Waals surface area contributed by atoms with Gasteiger partial charge in [-0.2, -0.15) is 0 Å². The average Bonchev–Trinajstić information content (AvgIpc) is 3.13. The molecule has 2 aromatic heterocycles. The third-order valence-electron chi connectivity index (χ3n) is 5.41. The van der Waals surface area contributed by atoms with Gasteiger partial charge in [-0.15, -0.1) is 11.3 Å². The molecule has 2 heterocycles. The number of aromatic nitrogens is 1. The van der Waals surface area contributed by atoms with Crippen molar-refractivity contribution in [2.75, 3.05) is 5.73 Å². The van der Waals surface area contributed by atoms with E-state index in [1.807, 2.05) is 42.5 Å². The van der Waals surface area contributed by atoms with Crippen molar-refractivity contribution >= 4 is 44.6 Å². The van der Waals surface area contributed by atoms with Gasteiger partial charge in [-0.05, 0) is 35.6 Å². The van der Waals surface area contributed by atoms with Crippen molar-refractivity contribution in [3.8, 4) is 11.1 Å². The van der Waals surface area contributed by atoms with Gasteiger partial charge in [0.05, 0.1) is 16.9 Å². The number of nitrogens with two attached hydrogens (primary N) is 1. The zero-order valence-electron chi connectivity index (χ0n) is 15.0. The maximum absolute atomic E-state index is 13.0. The van der Waals surface area contributed by atoms with Crippen molar-refractivity contribution in [2.45, 2.75) is 18.8 Å². The first-order valence-electron chi connectivity index (χ1n) is 9.15. The van der Waals surface area contributed by atoms with Crippen LogP contribution in [0.15, 0.2) is 60.0 Å². The summed E-state index contributed by atoms with van der Waals surface area (Å²) in [6, 6.07) is 17.8. The summed E-state index contributed by atoms with van der Waals surface area (Å²) in [5.41, 5.74) is 11.7. The maximum atomic E-state index is 13.0. The summed E-state index contributed by atoms with van der Waals surface area (Å²) in [5.74, 6) is 0.233. The van der Waals surface area contributed by atoms with Gasteiger partial charge in [-0.3, -0.25) is 4.79 Å². The van der Waals surface area contributed by atoms with E-state index in [2.05, 4.69) is 17.5 Å². The minimum absolute atomic E-state index is 0.0789. The number of benzene rings is 2. The van der Waals surface area contributed by atoms with Crippen LogP contribution < -0.4 is 5.73 Å². The van der Waals surface area contributed by atoms with Crippen molar-refractivity contribution < 1.29 is 4.79 Å². The van der Waals surface area contributed by atoms with Gasteiger partial charge in [0, 0.05) is 27.8 Å². The summed E-state index contributed by atoms with van der Waals surface area (Å²) < 4.78 is 0. The lowest BCUT2D eigenvalue weighted by Gasteiger charge is -2.24. The average molecular weight is 405 g/mol. The second-order valence-electron chi connectivity index (χ2n) is 7.12. The first kappa shape index (κ1) is 17.4. The monoisotopic (exact) mass is 404 g/mol. The molecule has 1 atom stereocenters. The Morgan fingerprint density at radius 1 is 1.04 bits per heavy atom. The molecule has 0 saturated heterocycles. The van der Waals surface area contributed by atoms with Gasteiger partial charge in [-0.1, -0.05) is 54.1 Å². The Labute approximate surface area is 171 Å². The smallest absolute Gasteiger partial charge is 0.167 e. The Balaban J connectivity index is 1.64. The molecule has 3 nitrogen and oxygen atoms in total. The van der Waals surface area contributed by atoms with Crippen LogP contribution in [0.3, 0.4) is 0 Å². The van der Waals surface area contributed by atoms with Gasteiger partial charge in [-0.25, -0.2) is 4.98 Å². The summed E-state index contributed by atoms with van der Waals surface area (Å²) in [6.07, 6.45) is 1.20. The van der Waals surface area contributed by atoms with Gasteiger partial charge in [0.2, 0.25) is 0 Å². The standard InChI is InChI=1S/C23H17ClN2OS/c24-16-8-6-14(7-9-16)17-12-28-23-20(17)22(25)21-18(26-23)10-15(11-19(21)27)13-4-2-1-3-5-13/h1-9,12,15H,10-11H2,(H2,25,26). The van der Waals surface area contributed by atoms with Crippen LogP contribution in [-0.4, -0.2) is 10.8 Å². The number of rotatable bonds is 2. The number of thiophene rings is 1. The van der Waals surface area contributed by atoms with E-state index in [0.717, 1.165) is 33.5 Å². The van der Waals surface area contributed by atoms with Gasteiger partial charge >= 0.3 is 0 Å². The second-order valence-corrected chi connectivity index (χ2v) is 8.42. The lowest BCUT2D eigenvalue weighted by atomic mass is 9.80. The molecule has 0 aliphatic heterocycles. The molecule has 0 radical (unpaired) electrons. The van der Waals surface area contributed by atoms with Crippen LogP contribution in [0, 0.1) is 0 Å². The third-order valence-corrected chi connectivity index (χ3v) is 6.54. The minimum Gasteiger partial charge on any atom is -0.397 e. The number of anilines is 1. The molecule has 0 saturated carbocycles. The summed E-state index contributed by atoms with van der Waals surface area (Å²) in [6.45, 7) is 0. The molecule has 138 valence electrons. The number of nitrogen functional groups attached to an aromatic ring is 1. The quantitative estimate of drug-likeness (QED) is 0.438. The van der Waals surface area contributed by atoms with Crippen LogP contribution in [0.5, 0.6) is 0 Å². The fourth-order valence-electron chi connectivity index (χ4n) is 4.04. The minimum atomic E-state index is 0.0789. The summed E-state index contributed by atoms with van der Waals surface area (Å²) in [7, 11) is 0. The highest BCUT2D eigenvalue weighted by molar-refractivity contribution is 7.17. The molecule has 28 heavy (non-hydrogen) atoms. The number of hydrogen-bond acceptors (Lipinski definition) is 4. The highest BCUT2D eigenvalue weighted by Gasteiger charge is 2.31. The van der Waals surface area contributed by atoms with Crippen LogP contribution in [0.2, 0.25) is 5.02 Å². The first-order chi connectivity index (χ1) is 13.6. The Hall–Kier alpha value is -2.69. The topological polar surface area (TPSA) is 56.0 Å². The maximum Gasteiger partial charge on any atom is 0.167 e. The molecule has 1 aliphatic rings. The van der Waals surface area contributed by atoms with Crippen molar-refractivity contribution in [3.63, 3.8) is 0 Å². The van der Waals surface area contributed by atoms with Crippen molar-refractivity contribution in [1.29, 1.82) is 0 Å². The number of hydrogen-bond donors (Lipinski definition) is 1. The van der Waals surface area contributed by atoms with E-state index in [4.69, 9.17) is 22.3 Å². The van der Waals surface area contributed by atoms with Crippen molar-refractivity contribution in [2.24, 2.45) is 0 Å². The predicted octanol–water partition coefficient (Wildman–Crippen LogP) is 6.11. The number of halogens is 1. The predicted molar refractivity (Wildman–Crippen MR) is 116 cm³/mol. The van der Waals surface area contributed by atoms with Gasteiger partial charge in [0.1, 0.15) is 4.83 Å². The molecule has 2 N–H and O–H groups in total. The van der Waals surface area contributed by atoms with Gasteiger partial charge in [0.15, 0.2) is 5.78 Å². The van der Waals surface area contributed by atoms with Crippen molar-refractivity contribution in [3.05, 3.63) is 81.8 Å². The molecule has 1 aliphatic carbocycles. The van der Waals surface area contributed by atoms with Crippen LogP contribution in [0.4, 0.5) is 5.69 Å². The lowest BCUT2D eigenvalue weighted by molar-refractivity contribution is 0.0964. The van der Waals surface area contributed by atoms with Crippen LogP contribution in [-0.2, 0) is 6.42 Å². The third kappa shape index (κ3) is 2.81. The molecule has 0 bridgehead atoms. The normalized spacial score (nSPS) is 16.3. The zero-order chi connectivity index (χ0) is 19.3. The largest absolute Gasteiger partial charge is 0.397 e. The van der Waals surface area contributed by atoms with E-state index >= 15 is 0 Å². The van der Waals surface area contributed by atoms with Crippen LogP contribution in [0.25, 0.3) is 21.3 Å². The van der Waals surface area contributed by atoms with E-state index < -0.39 is 0 Å². The fraction of sp³-hybridized carbons (Fsp3) is 0.130. The van der Waals surface area contributed by atoms with Crippen LogP contribution >= 0.6 is 22.9 Å². The molecule has 2 aromatic carbocycles. The number of ketones is 1. The Morgan fingerprint density at radius 2 is 1.79 bits per heavy atom. The van der Waals surface area contributed by atoms with Gasteiger partial charge in [0.25, 0.3) is 0 Å². The molecule has 0 fully saturated rings. The highest BCUT2D eigenvalue weighted by atomic mass is 35.5. The molecule has 5 rings (SSSR count). The Bertz CT molecular complexity index is 1200. The zero-order valence-corrected chi connectivity index (χ0v) is 16.6. The van der Waals surface area contributed by atoms with E-state index in [-0.39, 0.29) is 11.7 Å². The molecule has 5 heteroatoms. The molecular formula is C23H17ClN2OS. The number of carbonyl (C=O) groups excluding carboxylic acids is 1. The number of fused-ring (bicyclic) bond motifs is 2.